The molecule has 0 aliphatic rings. The van der Waals surface area contributed by atoms with Crippen LogP contribution in [0.15, 0.2) is 16.7 Å². The minimum absolute atomic E-state index is 0.484. The van der Waals surface area contributed by atoms with E-state index in [1.54, 1.807) is 12.1 Å². The summed E-state index contributed by atoms with van der Waals surface area (Å²) in [6.45, 7) is 8.60. The van der Waals surface area contributed by atoms with E-state index in [9.17, 15) is 0 Å². The highest BCUT2D eigenvalue weighted by molar-refractivity contribution is 9.10. The normalized spacial score (nSPS) is 11.4. The molecule has 0 aliphatic carbocycles. The number of halogens is 3. The number of rotatable bonds is 8. The van der Waals surface area contributed by atoms with Crippen molar-refractivity contribution in [1.82, 2.24) is 14.9 Å². The molecule has 1 heterocycles. The lowest BCUT2D eigenvalue weighted by Crippen LogP contribution is -2.24. The zero-order chi connectivity index (χ0) is 16.8. The number of anilines is 1. The number of nitrogens with zero attached hydrogens (tertiary/aromatic N) is 3. The van der Waals surface area contributed by atoms with Crippen molar-refractivity contribution in [3.63, 3.8) is 0 Å². The summed E-state index contributed by atoms with van der Waals surface area (Å²) < 4.78 is 0.687. The van der Waals surface area contributed by atoms with Crippen LogP contribution in [-0.4, -0.2) is 41.0 Å². The average molecular weight is 420 g/mol. The quantitative estimate of drug-likeness (QED) is 0.594. The Morgan fingerprint density at radius 1 is 1.04 bits per heavy atom. The molecule has 0 aliphatic heterocycles. The van der Waals surface area contributed by atoms with Crippen LogP contribution in [0.25, 0.3) is 11.0 Å². The molecule has 1 aromatic carbocycles. The molecule has 2 aromatic rings. The Morgan fingerprint density at radius 3 is 2.26 bits per heavy atom. The fourth-order valence-electron chi connectivity index (χ4n) is 2.35. The highest BCUT2D eigenvalue weighted by atomic mass is 79.9. The number of benzene rings is 1. The zero-order valence-electron chi connectivity index (χ0n) is 13.4. The van der Waals surface area contributed by atoms with Gasteiger partial charge in [-0.25, -0.2) is 9.97 Å². The maximum atomic E-state index is 6.05. The molecule has 0 fully saturated rings. The lowest BCUT2D eigenvalue weighted by Gasteiger charge is -2.17. The molecule has 0 saturated heterocycles. The smallest absolute Gasteiger partial charge is 0.159 e. The van der Waals surface area contributed by atoms with Crippen LogP contribution in [-0.2, 0) is 0 Å². The van der Waals surface area contributed by atoms with Crippen molar-refractivity contribution in [2.75, 3.05) is 31.5 Å². The van der Waals surface area contributed by atoms with Crippen molar-refractivity contribution < 1.29 is 0 Å². The van der Waals surface area contributed by atoms with Crippen molar-refractivity contribution in [3.8, 4) is 0 Å². The summed E-state index contributed by atoms with van der Waals surface area (Å²) in [6, 6.07) is 3.47. The predicted octanol–water partition coefficient (Wildman–Crippen LogP) is 5.23. The molecule has 0 atom stereocenters. The molecule has 0 bridgehead atoms. The maximum absolute atomic E-state index is 6.05. The average Bonchev–Trinajstić information content (AvgIpc) is 2.53. The molecular formula is C16H21BrCl2N4. The predicted molar refractivity (Wildman–Crippen MR) is 103 cm³/mol. The van der Waals surface area contributed by atoms with Crippen LogP contribution in [0, 0.1) is 0 Å². The molecule has 0 amide bonds. The number of nitrogens with one attached hydrogen (secondary N) is 1. The minimum atomic E-state index is 0.484. The first kappa shape index (κ1) is 18.7. The van der Waals surface area contributed by atoms with Crippen LogP contribution in [0.3, 0.4) is 0 Å². The van der Waals surface area contributed by atoms with Gasteiger partial charge in [-0.1, -0.05) is 37.0 Å². The van der Waals surface area contributed by atoms with Gasteiger partial charge >= 0.3 is 0 Å². The number of fused-ring (bicyclic) bond motifs is 1. The van der Waals surface area contributed by atoms with Gasteiger partial charge in [-0.15, -0.1) is 0 Å². The summed E-state index contributed by atoms with van der Waals surface area (Å²) in [5, 5.41) is 4.30. The Balaban J connectivity index is 1.95. The van der Waals surface area contributed by atoms with E-state index >= 15 is 0 Å². The molecule has 126 valence electrons. The van der Waals surface area contributed by atoms with E-state index in [2.05, 4.69) is 50.0 Å². The Hall–Kier alpha value is -0.620. The summed E-state index contributed by atoms with van der Waals surface area (Å²) in [5.74, 6) is 0.735. The molecule has 0 radical (unpaired) electrons. The van der Waals surface area contributed by atoms with Gasteiger partial charge in [0.2, 0.25) is 0 Å². The third kappa shape index (κ3) is 5.18. The third-order valence-electron chi connectivity index (χ3n) is 3.75. The largest absolute Gasteiger partial charge is 0.368 e. The van der Waals surface area contributed by atoms with Gasteiger partial charge in [-0.3, -0.25) is 0 Å². The molecule has 0 saturated carbocycles. The zero-order valence-corrected chi connectivity index (χ0v) is 16.5. The Kier molecular flexibility index (Phi) is 7.34. The molecule has 7 heteroatoms. The first-order valence-electron chi connectivity index (χ1n) is 7.83. The molecule has 2 rings (SSSR count). The van der Waals surface area contributed by atoms with Gasteiger partial charge in [0, 0.05) is 6.54 Å². The van der Waals surface area contributed by atoms with E-state index in [1.807, 2.05) is 0 Å². The Labute approximate surface area is 155 Å². The fourth-order valence-corrected chi connectivity index (χ4v) is 3.09. The van der Waals surface area contributed by atoms with Gasteiger partial charge in [0.1, 0.15) is 4.60 Å². The molecule has 23 heavy (non-hydrogen) atoms. The highest BCUT2D eigenvalue weighted by Crippen LogP contribution is 2.29. The molecule has 0 unspecified atom stereocenters. The van der Waals surface area contributed by atoms with Gasteiger partial charge in [-0.2, -0.15) is 0 Å². The lowest BCUT2D eigenvalue weighted by molar-refractivity contribution is 0.298. The van der Waals surface area contributed by atoms with E-state index in [0.717, 1.165) is 55.9 Å². The summed E-state index contributed by atoms with van der Waals surface area (Å²) in [5.41, 5.74) is 1.45. The maximum Gasteiger partial charge on any atom is 0.159 e. The van der Waals surface area contributed by atoms with E-state index in [1.165, 1.54) is 0 Å². The first-order valence-corrected chi connectivity index (χ1v) is 9.38. The van der Waals surface area contributed by atoms with E-state index in [0.29, 0.717) is 14.6 Å². The van der Waals surface area contributed by atoms with Crippen molar-refractivity contribution in [2.24, 2.45) is 0 Å². The van der Waals surface area contributed by atoms with Crippen LogP contribution >= 0.6 is 39.1 Å². The van der Waals surface area contributed by atoms with Crippen molar-refractivity contribution in [2.45, 2.75) is 26.7 Å². The fraction of sp³-hybridized carbons (Fsp3) is 0.500. The molecule has 1 N–H and O–H groups in total. The van der Waals surface area contributed by atoms with Crippen LogP contribution in [0.2, 0.25) is 10.0 Å². The number of hydrogen-bond acceptors (Lipinski definition) is 4. The lowest BCUT2D eigenvalue weighted by atomic mass is 10.3. The van der Waals surface area contributed by atoms with Crippen LogP contribution in [0.4, 0.5) is 5.82 Å². The van der Waals surface area contributed by atoms with Gasteiger partial charge in [0.15, 0.2) is 5.82 Å². The summed E-state index contributed by atoms with van der Waals surface area (Å²) in [6.07, 6.45) is 2.25. The summed E-state index contributed by atoms with van der Waals surface area (Å²) >= 11 is 15.5. The SMILES string of the molecule is CCN(CC)CCCCNc1nc2cc(Cl)c(Cl)cc2nc1Br. The van der Waals surface area contributed by atoms with E-state index in [-0.39, 0.29) is 0 Å². The van der Waals surface area contributed by atoms with Crippen molar-refractivity contribution in [3.05, 3.63) is 26.8 Å². The van der Waals surface area contributed by atoms with Crippen LogP contribution in [0.1, 0.15) is 26.7 Å². The standard InChI is InChI=1S/C16H21BrCl2N4/c1-3-23(4-2)8-6-5-7-20-16-15(17)21-13-9-11(18)12(19)10-14(13)22-16/h9-10H,3-8H2,1-2H3,(H,20,22). The molecule has 1 aromatic heterocycles. The van der Waals surface area contributed by atoms with Crippen LogP contribution in [0.5, 0.6) is 0 Å². The second kappa shape index (κ2) is 9.02. The van der Waals surface area contributed by atoms with Crippen molar-refractivity contribution >= 4 is 56.0 Å². The molecular weight excluding hydrogens is 399 g/mol. The minimum Gasteiger partial charge on any atom is -0.368 e. The topological polar surface area (TPSA) is 41.0 Å². The van der Waals surface area contributed by atoms with Gasteiger partial charge in [-0.05, 0) is 60.5 Å². The molecule has 0 spiro atoms. The highest BCUT2D eigenvalue weighted by Gasteiger charge is 2.09. The number of aromatic nitrogens is 2. The van der Waals surface area contributed by atoms with Gasteiger partial charge in [0.25, 0.3) is 0 Å². The van der Waals surface area contributed by atoms with Gasteiger partial charge in [0.05, 0.1) is 21.1 Å². The second-order valence-electron chi connectivity index (χ2n) is 5.28. The second-order valence-corrected chi connectivity index (χ2v) is 6.84. The van der Waals surface area contributed by atoms with Gasteiger partial charge < -0.3 is 10.2 Å². The van der Waals surface area contributed by atoms with Crippen molar-refractivity contribution in [1.29, 1.82) is 0 Å². The first-order chi connectivity index (χ1) is 11.0. The Bertz CT molecular complexity index is 662. The summed E-state index contributed by atoms with van der Waals surface area (Å²) in [4.78, 5) is 11.5. The number of unbranched alkanes of at least 4 members (excludes halogenated alkanes) is 1. The van der Waals surface area contributed by atoms with Crippen LogP contribution < -0.4 is 5.32 Å². The van der Waals surface area contributed by atoms with E-state index < -0.39 is 0 Å². The number of hydrogen-bond donors (Lipinski definition) is 1. The summed E-state index contributed by atoms with van der Waals surface area (Å²) in [7, 11) is 0. The van der Waals surface area contributed by atoms with E-state index in [4.69, 9.17) is 23.2 Å². The third-order valence-corrected chi connectivity index (χ3v) is 5.03. The monoisotopic (exact) mass is 418 g/mol. The molecule has 4 nitrogen and oxygen atoms in total. The Morgan fingerprint density at radius 2 is 1.65 bits per heavy atom.